The Hall–Kier alpha value is -0.240. The maximum atomic E-state index is 11.6. The number of hydrogen-bond donors (Lipinski definition) is 1. The summed E-state index contributed by atoms with van der Waals surface area (Å²) in [6.45, 7) is 0.839. The minimum atomic E-state index is 0.248. The highest BCUT2D eigenvalue weighted by molar-refractivity contribution is 6.17. The topological polar surface area (TPSA) is 29.1 Å². The van der Waals surface area contributed by atoms with Crippen molar-refractivity contribution in [2.75, 3.05) is 12.4 Å². The first-order valence-corrected chi connectivity index (χ1v) is 8.19. The van der Waals surface area contributed by atoms with Crippen molar-refractivity contribution in [1.29, 1.82) is 0 Å². The van der Waals surface area contributed by atoms with Crippen LogP contribution in [0.15, 0.2) is 0 Å². The minimum absolute atomic E-state index is 0.248. The maximum absolute atomic E-state index is 11.6. The number of nitrogens with one attached hydrogen (secondary N) is 1. The van der Waals surface area contributed by atoms with Crippen molar-refractivity contribution in [2.45, 2.75) is 70.6 Å². The lowest BCUT2D eigenvalue weighted by molar-refractivity contribution is -0.121. The van der Waals surface area contributed by atoms with E-state index in [4.69, 9.17) is 11.6 Å². The van der Waals surface area contributed by atoms with Crippen molar-refractivity contribution >= 4 is 17.5 Å². The number of hydrogen-bond acceptors (Lipinski definition) is 1. The summed E-state index contributed by atoms with van der Waals surface area (Å²) >= 11 is 5.61. The molecule has 0 radical (unpaired) electrons. The van der Waals surface area contributed by atoms with E-state index in [2.05, 4.69) is 5.32 Å². The van der Waals surface area contributed by atoms with Crippen LogP contribution in [0.4, 0.5) is 0 Å². The Balaban J connectivity index is 1.90. The van der Waals surface area contributed by atoms with E-state index in [-0.39, 0.29) is 5.91 Å². The van der Waals surface area contributed by atoms with E-state index in [1.54, 1.807) is 0 Å². The highest BCUT2D eigenvalue weighted by Gasteiger charge is 2.14. The average molecular weight is 274 g/mol. The third kappa shape index (κ3) is 7.97. The van der Waals surface area contributed by atoms with E-state index in [1.165, 1.54) is 44.9 Å². The highest BCUT2D eigenvalue weighted by Crippen LogP contribution is 2.27. The van der Waals surface area contributed by atoms with E-state index in [0.29, 0.717) is 0 Å². The van der Waals surface area contributed by atoms with Gasteiger partial charge in [0.2, 0.25) is 5.91 Å². The third-order valence-electron chi connectivity index (χ3n) is 3.89. The van der Waals surface area contributed by atoms with Crippen LogP contribution in [0.1, 0.15) is 70.6 Å². The molecule has 0 aliphatic heterocycles. The van der Waals surface area contributed by atoms with E-state index in [0.717, 1.165) is 44.0 Å². The van der Waals surface area contributed by atoms with Crippen molar-refractivity contribution in [3.8, 4) is 0 Å². The van der Waals surface area contributed by atoms with Crippen LogP contribution in [0, 0.1) is 5.92 Å². The summed E-state index contributed by atoms with van der Waals surface area (Å²) in [6.07, 6.45) is 13.2. The Kier molecular flexibility index (Phi) is 9.37. The fourth-order valence-electron chi connectivity index (χ4n) is 2.70. The van der Waals surface area contributed by atoms with Gasteiger partial charge in [-0.15, -0.1) is 11.6 Å². The summed E-state index contributed by atoms with van der Waals surface area (Å²) in [4.78, 5) is 11.6. The number of alkyl halides is 1. The minimum Gasteiger partial charge on any atom is -0.356 e. The predicted octanol–water partition coefficient (Wildman–Crippen LogP) is 4.26. The zero-order chi connectivity index (χ0) is 13.1. The molecule has 0 unspecified atom stereocenters. The lowest BCUT2D eigenvalue weighted by Gasteiger charge is -2.20. The quantitative estimate of drug-likeness (QED) is 0.493. The molecular weight excluding hydrogens is 246 g/mol. The number of halogens is 1. The molecule has 0 aromatic carbocycles. The van der Waals surface area contributed by atoms with Gasteiger partial charge in [-0.2, -0.15) is 0 Å². The predicted molar refractivity (Wildman–Crippen MR) is 78.0 cm³/mol. The molecule has 0 bridgehead atoms. The standard InChI is InChI=1S/C15H28ClNO/c16-12-6-1-2-7-13-17-15(18)11-10-14-8-4-3-5-9-14/h14H,1-13H2,(H,17,18). The van der Waals surface area contributed by atoms with Gasteiger partial charge in [0.05, 0.1) is 0 Å². The van der Waals surface area contributed by atoms with Gasteiger partial charge in [-0.1, -0.05) is 44.9 Å². The van der Waals surface area contributed by atoms with Crippen LogP contribution < -0.4 is 5.32 Å². The highest BCUT2D eigenvalue weighted by atomic mass is 35.5. The summed E-state index contributed by atoms with van der Waals surface area (Å²) < 4.78 is 0. The van der Waals surface area contributed by atoms with Gasteiger partial charge in [-0.05, 0) is 25.2 Å². The lowest BCUT2D eigenvalue weighted by Crippen LogP contribution is -2.25. The second kappa shape index (κ2) is 10.7. The van der Waals surface area contributed by atoms with Gasteiger partial charge in [0.25, 0.3) is 0 Å². The lowest BCUT2D eigenvalue weighted by atomic mass is 9.86. The Morgan fingerprint density at radius 2 is 1.78 bits per heavy atom. The van der Waals surface area contributed by atoms with E-state index in [9.17, 15) is 4.79 Å². The smallest absolute Gasteiger partial charge is 0.220 e. The number of carbonyl (C=O) groups is 1. The molecule has 0 aromatic rings. The SMILES string of the molecule is O=C(CCC1CCCCC1)NCCCCCCCl. The molecule has 1 saturated carbocycles. The zero-order valence-corrected chi connectivity index (χ0v) is 12.3. The van der Waals surface area contributed by atoms with Crippen LogP contribution >= 0.6 is 11.6 Å². The van der Waals surface area contributed by atoms with Gasteiger partial charge in [0, 0.05) is 18.8 Å². The Labute approximate surface area is 117 Å². The molecule has 18 heavy (non-hydrogen) atoms. The first-order valence-electron chi connectivity index (χ1n) is 7.65. The molecule has 0 spiro atoms. The summed E-state index contributed by atoms with van der Waals surface area (Å²) in [5.74, 6) is 1.82. The monoisotopic (exact) mass is 273 g/mol. The van der Waals surface area contributed by atoms with Gasteiger partial charge >= 0.3 is 0 Å². The molecule has 0 saturated heterocycles. The molecular formula is C15H28ClNO. The van der Waals surface area contributed by atoms with Crippen molar-refractivity contribution in [2.24, 2.45) is 5.92 Å². The first kappa shape index (κ1) is 15.8. The Morgan fingerprint density at radius 3 is 2.50 bits per heavy atom. The van der Waals surface area contributed by atoms with Crippen LogP contribution in [0.2, 0.25) is 0 Å². The van der Waals surface area contributed by atoms with Crippen molar-refractivity contribution in [3.63, 3.8) is 0 Å². The second-order valence-electron chi connectivity index (χ2n) is 5.50. The summed E-state index contributed by atoms with van der Waals surface area (Å²) in [5, 5.41) is 3.03. The molecule has 2 nitrogen and oxygen atoms in total. The largest absolute Gasteiger partial charge is 0.356 e. The van der Waals surface area contributed by atoms with Crippen LogP contribution in [-0.4, -0.2) is 18.3 Å². The molecule has 1 N–H and O–H groups in total. The number of carbonyl (C=O) groups excluding carboxylic acids is 1. The van der Waals surface area contributed by atoms with Crippen molar-refractivity contribution in [1.82, 2.24) is 5.32 Å². The molecule has 1 fully saturated rings. The van der Waals surface area contributed by atoms with Gasteiger partial charge in [-0.25, -0.2) is 0 Å². The van der Waals surface area contributed by atoms with E-state index >= 15 is 0 Å². The molecule has 1 amide bonds. The number of rotatable bonds is 9. The van der Waals surface area contributed by atoms with Crippen molar-refractivity contribution in [3.05, 3.63) is 0 Å². The van der Waals surface area contributed by atoms with Gasteiger partial charge in [0.1, 0.15) is 0 Å². The summed E-state index contributed by atoms with van der Waals surface area (Å²) in [7, 11) is 0. The van der Waals surface area contributed by atoms with Crippen LogP contribution in [0.3, 0.4) is 0 Å². The molecule has 0 atom stereocenters. The number of unbranched alkanes of at least 4 members (excludes halogenated alkanes) is 3. The van der Waals surface area contributed by atoms with E-state index < -0.39 is 0 Å². The van der Waals surface area contributed by atoms with Crippen molar-refractivity contribution < 1.29 is 4.79 Å². The molecule has 3 heteroatoms. The maximum Gasteiger partial charge on any atom is 0.220 e. The van der Waals surface area contributed by atoms with Gasteiger partial charge in [-0.3, -0.25) is 4.79 Å². The molecule has 1 aliphatic carbocycles. The van der Waals surface area contributed by atoms with Crippen LogP contribution in [0.25, 0.3) is 0 Å². The fourth-order valence-corrected chi connectivity index (χ4v) is 2.89. The molecule has 0 aromatic heterocycles. The third-order valence-corrected chi connectivity index (χ3v) is 4.15. The average Bonchev–Trinajstić information content (AvgIpc) is 2.41. The summed E-state index contributed by atoms with van der Waals surface area (Å²) in [5.41, 5.74) is 0. The zero-order valence-electron chi connectivity index (χ0n) is 11.6. The fraction of sp³-hybridized carbons (Fsp3) is 0.933. The van der Waals surface area contributed by atoms with E-state index in [1.807, 2.05) is 0 Å². The summed E-state index contributed by atoms with van der Waals surface area (Å²) in [6, 6.07) is 0. The normalized spacial score (nSPS) is 16.7. The van der Waals surface area contributed by atoms with Gasteiger partial charge in [0.15, 0.2) is 0 Å². The Bertz CT molecular complexity index is 215. The molecule has 0 heterocycles. The van der Waals surface area contributed by atoms with Crippen LogP contribution in [-0.2, 0) is 4.79 Å². The first-order chi connectivity index (χ1) is 8.83. The molecule has 106 valence electrons. The van der Waals surface area contributed by atoms with Crippen LogP contribution in [0.5, 0.6) is 0 Å². The Morgan fingerprint density at radius 1 is 1.06 bits per heavy atom. The molecule has 1 rings (SSSR count). The number of amides is 1. The molecule has 1 aliphatic rings. The second-order valence-corrected chi connectivity index (χ2v) is 5.87. The van der Waals surface area contributed by atoms with Gasteiger partial charge < -0.3 is 5.32 Å².